The number of nitrogens with zero attached hydrogens (tertiary/aromatic N) is 3. The van der Waals surface area contributed by atoms with E-state index in [1.807, 2.05) is 24.3 Å². The number of rotatable bonds is 5. The number of aromatic nitrogens is 2. The zero-order chi connectivity index (χ0) is 16.4. The summed E-state index contributed by atoms with van der Waals surface area (Å²) in [4.78, 5) is 18.2. The summed E-state index contributed by atoms with van der Waals surface area (Å²) in [6, 6.07) is 7.65. The van der Waals surface area contributed by atoms with Gasteiger partial charge in [-0.15, -0.1) is 0 Å². The van der Waals surface area contributed by atoms with Crippen molar-refractivity contribution in [3.63, 3.8) is 0 Å². The molecule has 23 heavy (non-hydrogen) atoms. The number of hydrogen-bond donors (Lipinski definition) is 2. The van der Waals surface area contributed by atoms with Gasteiger partial charge in [0.1, 0.15) is 6.20 Å². The van der Waals surface area contributed by atoms with E-state index in [4.69, 9.17) is 17.3 Å². The van der Waals surface area contributed by atoms with Crippen molar-refractivity contribution in [3.05, 3.63) is 51.2 Å². The van der Waals surface area contributed by atoms with Crippen LogP contribution in [0.1, 0.15) is 30.9 Å². The maximum Gasteiger partial charge on any atom is 0.329 e. The second-order valence-electron chi connectivity index (χ2n) is 5.59. The Morgan fingerprint density at radius 2 is 2.04 bits per heavy atom. The first-order chi connectivity index (χ1) is 11.0. The van der Waals surface area contributed by atoms with E-state index in [0.717, 1.165) is 24.6 Å². The van der Waals surface area contributed by atoms with Crippen LogP contribution in [0, 0.1) is 16.0 Å². The number of hydrogen-bond acceptors (Lipinski definition) is 6. The molecule has 3 rings (SSSR count). The van der Waals surface area contributed by atoms with E-state index in [2.05, 4.69) is 15.3 Å². The SMILES string of the molecule is Nc1nc(NC(c2ccc(Cl)cc2)C2CCC2)ncc1[N+](=O)[O-]. The van der Waals surface area contributed by atoms with Crippen LogP contribution in [-0.2, 0) is 0 Å². The Kier molecular flexibility index (Phi) is 4.29. The Balaban J connectivity index is 1.85. The first-order valence-electron chi connectivity index (χ1n) is 7.33. The van der Waals surface area contributed by atoms with Crippen LogP contribution in [0.5, 0.6) is 0 Å². The first-order valence-corrected chi connectivity index (χ1v) is 7.71. The molecule has 120 valence electrons. The molecule has 0 saturated heterocycles. The van der Waals surface area contributed by atoms with Crippen molar-refractivity contribution < 1.29 is 4.92 Å². The van der Waals surface area contributed by atoms with E-state index >= 15 is 0 Å². The molecule has 1 unspecified atom stereocenters. The van der Waals surface area contributed by atoms with Crippen LogP contribution in [0.15, 0.2) is 30.5 Å². The number of benzene rings is 1. The number of halogens is 1. The fraction of sp³-hybridized carbons (Fsp3) is 0.333. The van der Waals surface area contributed by atoms with E-state index in [1.165, 1.54) is 6.42 Å². The van der Waals surface area contributed by atoms with Gasteiger partial charge < -0.3 is 11.1 Å². The monoisotopic (exact) mass is 333 g/mol. The van der Waals surface area contributed by atoms with Crippen LogP contribution in [0.3, 0.4) is 0 Å². The van der Waals surface area contributed by atoms with Crippen molar-refractivity contribution in [1.29, 1.82) is 0 Å². The van der Waals surface area contributed by atoms with E-state index in [-0.39, 0.29) is 17.5 Å². The average Bonchev–Trinajstić information content (AvgIpc) is 2.45. The third-order valence-electron chi connectivity index (χ3n) is 4.13. The second-order valence-corrected chi connectivity index (χ2v) is 6.02. The lowest BCUT2D eigenvalue weighted by Crippen LogP contribution is -2.27. The van der Waals surface area contributed by atoms with Gasteiger partial charge in [-0.1, -0.05) is 30.2 Å². The van der Waals surface area contributed by atoms with Gasteiger partial charge in [0, 0.05) is 5.02 Å². The van der Waals surface area contributed by atoms with Crippen LogP contribution in [0.4, 0.5) is 17.5 Å². The van der Waals surface area contributed by atoms with Gasteiger partial charge in [-0.25, -0.2) is 4.98 Å². The highest BCUT2D eigenvalue weighted by Crippen LogP contribution is 2.39. The smallest absolute Gasteiger partial charge is 0.329 e. The molecular formula is C15H16ClN5O2. The molecule has 2 aromatic rings. The van der Waals surface area contributed by atoms with Crippen molar-refractivity contribution in [2.24, 2.45) is 5.92 Å². The molecule has 8 heteroatoms. The van der Waals surface area contributed by atoms with Gasteiger partial charge in [-0.3, -0.25) is 10.1 Å². The number of nitrogens with two attached hydrogens (primary N) is 1. The lowest BCUT2D eigenvalue weighted by atomic mass is 9.77. The summed E-state index contributed by atoms with van der Waals surface area (Å²) < 4.78 is 0. The first kappa shape index (κ1) is 15.5. The van der Waals surface area contributed by atoms with Gasteiger partial charge >= 0.3 is 5.69 Å². The van der Waals surface area contributed by atoms with Crippen LogP contribution < -0.4 is 11.1 Å². The maximum atomic E-state index is 10.8. The normalized spacial score (nSPS) is 15.7. The van der Waals surface area contributed by atoms with Crippen molar-refractivity contribution in [1.82, 2.24) is 9.97 Å². The summed E-state index contributed by atoms with van der Waals surface area (Å²) in [5, 5.41) is 14.7. The summed E-state index contributed by atoms with van der Waals surface area (Å²) in [6.45, 7) is 0. The van der Waals surface area contributed by atoms with Crippen molar-refractivity contribution in [2.45, 2.75) is 25.3 Å². The van der Waals surface area contributed by atoms with Crippen molar-refractivity contribution in [2.75, 3.05) is 11.1 Å². The number of nitrogen functional groups attached to an aromatic ring is 1. The van der Waals surface area contributed by atoms with Gasteiger partial charge in [-0.05, 0) is 36.5 Å². The minimum atomic E-state index is -0.596. The molecule has 0 radical (unpaired) electrons. The Morgan fingerprint density at radius 1 is 1.35 bits per heavy atom. The number of nitro groups is 1. The second kappa shape index (κ2) is 6.37. The van der Waals surface area contributed by atoms with Gasteiger partial charge in [0.2, 0.25) is 11.8 Å². The summed E-state index contributed by atoms with van der Waals surface area (Å²) in [5.41, 5.74) is 6.42. The van der Waals surface area contributed by atoms with E-state index in [0.29, 0.717) is 16.9 Å². The van der Waals surface area contributed by atoms with Crippen molar-refractivity contribution in [3.8, 4) is 0 Å². The Bertz CT molecular complexity index is 718. The molecule has 1 atom stereocenters. The molecule has 1 aliphatic carbocycles. The fourth-order valence-corrected chi connectivity index (χ4v) is 2.78. The molecule has 7 nitrogen and oxygen atoms in total. The zero-order valence-electron chi connectivity index (χ0n) is 12.3. The average molecular weight is 334 g/mol. The maximum absolute atomic E-state index is 10.8. The Hall–Kier alpha value is -2.41. The van der Waals surface area contributed by atoms with Gasteiger partial charge in [0.05, 0.1) is 11.0 Å². The molecule has 3 N–H and O–H groups in total. The minimum absolute atomic E-state index is 0.0295. The molecule has 1 fully saturated rings. The molecule has 0 aliphatic heterocycles. The third-order valence-corrected chi connectivity index (χ3v) is 4.38. The van der Waals surface area contributed by atoms with Crippen LogP contribution in [0.2, 0.25) is 5.02 Å². The van der Waals surface area contributed by atoms with Gasteiger partial charge in [0.15, 0.2) is 0 Å². The molecule has 0 amide bonds. The van der Waals surface area contributed by atoms with Crippen LogP contribution >= 0.6 is 11.6 Å². The number of nitrogens with one attached hydrogen (secondary N) is 1. The number of anilines is 2. The molecule has 1 aliphatic rings. The fourth-order valence-electron chi connectivity index (χ4n) is 2.65. The van der Waals surface area contributed by atoms with Crippen molar-refractivity contribution >= 4 is 29.1 Å². The topological polar surface area (TPSA) is 107 Å². The van der Waals surface area contributed by atoms with Crippen LogP contribution in [-0.4, -0.2) is 14.9 Å². The zero-order valence-corrected chi connectivity index (χ0v) is 13.0. The highest BCUT2D eigenvalue weighted by molar-refractivity contribution is 6.30. The summed E-state index contributed by atoms with van der Waals surface area (Å²) in [6.07, 6.45) is 4.55. The molecule has 1 saturated carbocycles. The summed E-state index contributed by atoms with van der Waals surface area (Å²) in [5.74, 6) is 0.618. The largest absolute Gasteiger partial charge is 0.378 e. The predicted molar refractivity (Wildman–Crippen MR) is 88.3 cm³/mol. The van der Waals surface area contributed by atoms with Gasteiger partial charge in [-0.2, -0.15) is 4.98 Å². The van der Waals surface area contributed by atoms with E-state index in [9.17, 15) is 10.1 Å². The highest BCUT2D eigenvalue weighted by Gasteiger charge is 2.29. The summed E-state index contributed by atoms with van der Waals surface area (Å²) in [7, 11) is 0. The van der Waals surface area contributed by atoms with Gasteiger partial charge in [0.25, 0.3) is 0 Å². The summed E-state index contributed by atoms with van der Waals surface area (Å²) >= 11 is 5.95. The molecular weight excluding hydrogens is 318 g/mol. The third kappa shape index (κ3) is 3.34. The molecule has 0 bridgehead atoms. The molecule has 1 heterocycles. The minimum Gasteiger partial charge on any atom is -0.378 e. The molecule has 1 aromatic carbocycles. The van der Waals surface area contributed by atoms with Crippen LogP contribution in [0.25, 0.3) is 0 Å². The molecule has 1 aromatic heterocycles. The lowest BCUT2D eigenvalue weighted by molar-refractivity contribution is -0.384. The highest BCUT2D eigenvalue weighted by atomic mass is 35.5. The molecule has 0 spiro atoms. The quantitative estimate of drug-likeness (QED) is 0.639. The predicted octanol–water partition coefficient (Wildman–Crippen LogP) is 3.57. The lowest BCUT2D eigenvalue weighted by Gasteiger charge is -2.34. The Morgan fingerprint density at radius 3 is 2.57 bits per heavy atom. The van der Waals surface area contributed by atoms with E-state index in [1.54, 1.807) is 0 Å². The van der Waals surface area contributed by atoms with E-state index < -0.39 is 4.92 Å². The Labute approximate surface area is 138 Å². The standard InChI is InChI=1S/C15H16ClN5O2/c16-11-6-4-10(5-7-11)13(9-2-1-3-9)19-15-18-8-12(21(22)23)14(17)20-15/h4-9,13H,1-3H2,(H3,17,18,19,20).